The molecule has 1 heterocycles. The number of hydrogen-bond acceptors (Lipinski definition) is 6. The first kappa shape index (κ1) is 17.0. The number of halogens is 2. The van der Waals surface area contributed by atoms with Gasteiger partial charge in [0.25, 0.3) is 5.69 Å². The second-order valence-electron chi connectivity index (χ2n) is 4.36. The van der Waals surface area contributed by atoms with Crippen LogP contribution in [0.5, 0.6) is 11.5 Å². The van der Waals surface area contributed by atoms with E-state index in [1.54, 1.807) is 0 Å². The summed E-state index contributed by atoms with van der Waals surface area (Å²) in [5, 5.41) is 10.9. The maximum atomic E-state index is 12.0. The third-order valence-electron chi connectivity index (χ3n) is 2.66. The number of benzene rings is 1. The van der Waals surface area contributed by atoms with Gasteiger partial charge in [-0.25, -0.2) is 9.78 Å². The highest BCUT2D eigenvalue weighted by atomic mass is 35.5. The van der Waals surface area contributed by atoms with Crippen molar-refractivity contribution in [2.24, 2.45) is 0 Å². The maximum Gasteiger partial charge on any atom is 0.352 e. The lowest BCUT2D eigenvalue weighted by Gasteiger charge is -2.14. The lowest BCUT2D eigenvalue weighted by molar-refractivity contribution is -0.384. The van der Waals surface area contributed by atoms with Crippen LogP contribution in [0.3, 0.4) is 0 Å². The van der Waals surface area contributed by atoms with Gasteiger partial charge in [0.1, 0.15) is 10.9 Å². The van der Waals surface area contributed by atoms with Gasteiger partial charge in [-0.1, -0.05) is 29.3 Å². The molecule has 0 saturated carbocycles. The summed E-state index contributed by atoms with van der Waals surface area (Å²) in [7, 11) is 0. The van der Waals surface area contributed by atoms with E-state index in [4.69, 9.17) is 32.7 Å². The van der Waals surface area contributed by atoms with Crippen molar-refractivity contribution in [2.75, 3.05) is 0 Å². The van der Waals surface area contributed by atoms with Crippen LogP contribution in [0.4, 0.5) is 5.69 Å². The van der Waals surface area contributed by atoms with Crippen LogP contribution >= 0.6 is 23.2 Å². The van der Waals surface area contributed by atoms with E-state index in [-0.39, 0.29) is 27.5 Å². The molecular weight excluding hydrogens is 347 g/mol. The van der Waals surface area contributed by atoms with E-state index in [0.29, 0.717) is 0 Å². The van der Waals surface area contributed by atoms with Crippen LogP contribution in [0.15, 0.2) is 36.4 Å². The van der Waals surface area contributed by atoms with Crippen LogP contribution in [-0.4, -0.2) is 22.0 Å². The Hall–Kier alpha value is -2.38. The van der Waals surface area contributed by atoms with Gasteiger partial charge < -0.3 is 9.47 Å². The fraction of sp³-hybridized carbons (Fsp3) is 0.143. The van der Waals surface area contributed by atoms with Crippen LogP contribution in [0.1, 0.15) is 6.92 Å². The van der Waals surface area contributed by atoms with Crippen LogP contribution < -0.4 is 9.47 Å². The smallest absolute Gasteiger partial charge is 0.352 e. The summed E-state index contributed by atoms with van der Waals surface area (Å²) in [5.74, 6) is -0.531. The predicted molar refractivity (Wildman–Crippen MR) is 83.1 cm³/mol. The Morgan fingerprint density at radius 2 is 2.04 bits per heavy atom. The Morgan fingerprint density at radius 3 is 2.70 bits per heavy atom. The monoisotopic (exact) mass is 356 g/mol. The molecule has 0 amide bonds. The Morgan fingerprint density at radius 1 is 1.30 bits per heavy atom. The minimum atomic E-state index is -1.00. The molecule has 0 radical (unpaired) electrons. The third kappa shape index (κ3) is 4.54. The molecule has 9 heteroatoms. The first-order chi connectivity index (χ1) is 10.9. The fourth-order valence-corrected chi connectivity index (χ4v) is 1.97. The number of hydrogen-bond donors (Lipinski definition) is 0. The van der Waals surface area contributed by atoms with Gasteiger partial charge in [0, 0.05) is 6.07 Å². The summed E-state index contributed by atoms with van der Waals surface area (Å²) >= 11 is 11.5. The number of carbonyl (C=O) groups is 1. The lowest BCUT2D eigenvalue weighted by Crippen LogP contribution is -2.28. The summed E-state index contributed by atoms with van der Waals surface area (Å²) in [6.45, 7) is 1.45. The van der Waals surface area contributed by atoms with Crippen LogP contribution in [0.2, 0.25) is 10.3 Å². The molecule has 120 valence electrons. The number of ether oxygens (including phenoxy) is 2. The predicted octanol–water partition coefficient (Wildman–Crippen LogP) is 3.67. The SMILES string of the molecule is CC(Oc1ccc(Cl)nc1Cl)C(=O)Oc1cccc([N+](=O)[O-])c1. The molecule has 0 spiro atoms. The van der Waals surface area contributed by atoms with E-state index >= 15 is 0 Å². The second kappa shape index (κ2) is 7.26. The molecule has 0 aliphatic rings. The average Bonchev–Trinajstić information content (AvgIpc) is 2.50. The first-order valence-electron chi connectivity index (χ1n) is 6.31. The molecule has 7 nitrogen and oxygen atoms in total. The van der Waals surface area contributed by atoms with E-state index in [1.165, 1.54) is 37.3 Å². The summed E-state index contributed by atoms with van der Waals surface area (Å²) in [4.78, 5) is 25.8. The number of rotatable bonds is 5. The van der Waals surface area contributed by atoms with Crippen LogP contribution in [0.25, 0.3) is 0 Å². The number of pyridine rings is 1. The lowest BCUT2D eigenvalue weighted by atomic mass is 10.3. The Bertz CT molecular complexity index is 754. The quantitative estimate of drug-likeness (QED) is 0.267. The van der Waals surface area contributed by atoms with Crippen molar-refractivity contribution < 1.29 is 19.2 Å². The minimum absolute atomic E-state index is 0.00694. The number of esters is 1. The van der Waals surface area contributed by atoms with Crippen LogP contribution in [0, 0.1) is 10.1 Å². The molecule has 2 rings (SSSR count). The number of nitro groups is 1. The number of nitro benzene ring substituents is 1. The van der Waals surface area contributed by atoms with E-state index in [2.05, 4.69) is 4.98 Å². The van der Waals surface area contributed by atoms with Crippen molar-refractivity contribution in [3.8, 4) is 11.5 Å². The highest BCUT2D eigenvalue weighted by molar-refractivity contribution is 6.33. The standard InChI is InChI=1S/C14H10Cl2N2O5/c1-8(22-11-5-6-12(15)17-13(11)16)14(19)23-10-4-2-3-9(7-10)18(20)21/h2-8H,1H3. The van der Waals surface area contributed by atoms with Gasteiger partial charge in [0.15, 0.2) is 17.0 Å². The van der Waals surface area contributed by atoms with Crippen molar-refractivity contribution in [1.82, 2.24) is 4.98 Å². The van der Waals surface area contributed by atoms with Crippen molar-refractivity contribution in [3.63, 3.8) is 0 Å². The van der Waals surface area contributed by atoms with Crippen molar-refractivity contribution in [1.29, 1.82) is 0 Å². The summed E-state index contributed by atoms with van der Waals surface area (Å²) in [6, 6.07) is 8.19. The van der Waals surface area contributed by atoms with Gasteiger partial charge in [-0.15, -0.1) is 0 Å². The van der Waals surface area contributed by atoms with E-state index in [0.717, 1.165) is 6.07 Å². The zero-order chi connectivity index (χ0) is 17.0. The molecule has 1 aromatic heterocycles. The molecule has 0 fully saturated rings. The molecule has 0 bridgehead atoms. The molecule has 0 saturated heterocycles. The van der Waals surface area contributed by atoms with Gasteiger partial charge in [0.2, 0.25) is 0 Å². The summed E-state index contributed by atoms with van der Waals surface area (Å²) in [6.07, 6.45) is -1.00. The molecule has 0 N–H and O–H groups in total. The number of aromatic nitrogens is 1. The Balaban J connectivity index is 2.05. The third-order valence-corrected chi connectivity index (χ3v) is 3.14. The van der Waals surface area contributed by atoms with Gasteiger partial charge in [-0.3, -0.25) is 10.1 Å². The molecule has 1 unspecified atom stereocenters. The van der Waals surface area contributed by atoms with Crippen molar-refractivity contribution in [2.45, 2.75) is 13.0 Å². The molecule has 0 aliphatic carbocycles. The van der Waals surface area contributed by atoms with E-state index in [9.17, 15) is 14.9 Å². The molecule has 23 heavy (non-hydrogen) atoms. The fourth-order valence-electron chi connectivity index (χ4n) is 1.59. The Kier molecular flexibility index (Phi) is 5.36. The number of non-ortho nitro benzene ring substituents is 1. The summed E-state index contributed by atoms with van der Waals surface area (Å²) < 4.78 is 10.4. The number of carbonyl (C=O) groups excluding carboxylic acids is 1. The van der Waals surface area contributed by atoms with E-state index in [1.807, 2.05) is 0 Å². The molecule has 1 atom stereocenters. The Labute approximate surface area is 140 Å². The normalized spacial score (nSPS) is 11.6. The average molecular weight is 357 g/mol. The molecular formula is C14H10Cl2N2O5. The number of nitrogens with zero attached hydrogens (tertiary/aromatic N) is 2. The van der Waals surface area contributed by atoms with Gasteiger partial charge in [0.05, 0.1) is 11.0 Å². The molecule has 1 aromatic carbocycles. The largest absolute Gasteiger partial charge is 0.476 e. The van der Waals surface area contributed by atoms with Crippen molar-refractivity contribution >= 4 is 34.9 Å². The first-order valence-corrected chi connectivity index (χ1v) is 7.07. The topological polar surface area (TPSA) is 91.6 Å². The highest BCUT2D eigenvalue weighted by Gasteiger charge is 2.20. The molecule has 0 aliphatic heterocycles. The minimum Gasteiger partial charge on any atom is -0.476 e. The van der Waals surface area contributed by atoms with Gasteiger partial charge in [-0.2, -0.15) is 0 Å². The van der Waals surface area contributed by atoms with Crippen molar-refractivity contribution in [3.05, 3.63) is 56.8 Å². The van der Waals surface area contributed by atoms with E-state index < -0.39 is 17.0 Å². The highest BCUT2D eigenvalue weighted by Crippen LogP contribution is 2.25. The zero-order valence-electron chi connectivity index (χ0n) is 11.7. The summed E-state index contributed by atoms with van der Waals surface area (Å²) in [5.41, 5.74) is -0.186. The van der Waals surface area contributed by atoms with Crippen LogP contribution in [-0.2, 0) is 4.79 Å². The second-order valence-corrected chi connectivity index (χ2v) is 5.10. The van der Waals surface area contributed by atoms with Gasteiger partial charge in [-0.05, 0) is 25.1 Å². The molecule has 2 aromatic rings. The van der Waals surface area contributed by atoms with Gasteiger partial charge >= 0.3 is 5.97 Å². The zero-order valence-corrected chi connectivity index (χ0v) is 13.2. The maximum absolute atomic E-state index is 12.0.